The topological polar surface area (TPSA) is 21.3 Å². The zero-order valence-corrected chi connectivity index (χ0v) is 34.4. The lowest BCUT2D eigenvalue weighted by Crippen LogP contribution is -2.12. The van der Waals surface area contributed by atoms with Crippen molar-refractivity contribution in [1.29, 1.82) is 0 Å². The molecule has 0 bridgehead atoms. The smallest absolute Gasteiger partial charge is 0.137 e. The highest BCUT2D eigenvalue weighted by Crippen LogP contribution is 2.45. The van der Waals surface area contributed by atoms with Crippen LogP contribution in [-0.2, 0) is 6.42 Å². The number of hydrogen-bond acceptors (Lipinski definition) is 2. The summed E-state index contributed by atoms with van der Waals surface area (Å²) >= 11 is 0. The van der Waals surface area contributed by atoms with Crippen molar-refractivity contribution in [3.8, 4) is 16.8 Å². The Hall–Kier alpha value is -7.88. The number of anilines is 3. The van der Waals surface area contributed by atoms with Crippen molar-refractivity contribution < 1.29 is 4.42 Å². The molecule has 62 heavy (non-hydrogen) atoms. The van der Waals surface area contributed by atoms with E-state index in [0.717, 1.165) is 62.2 Å². The van der Waals surface area contributed by atoms with Gasteiger partial charge >= 0.3 is 0 Å². The van der Waals surface area contributed by atoms with E-state index in [9.17, 15) is 0 Å². The van der Waals surface area contributed by atoms with E-state index < -0.39 is 0 Å². The second-order valence-corrected chi connectivity index (χ2v) is 16.5. The molecule has 0 radical (unpaired) electrons. The molecule has 0 amide bonds. The van der Waals surface area contributed by atoms with Gasteiger partial charge in [-0.1, -0.05) is 159 Å². The molecule has 294 valence electrons. The van der Waals surface area contributed by atoms with Crippen LogP contribution in [0.5, 0.6) is 0 Å². The first kappa shape index (κ1) is 36.0. The third-order valence-corrected chi connectivity index (χ3v) is 12.8. The second kappa shape index (κ2) is 14.7. The predicted octanol–water partition coefficient (Wildman–Crippen LogP) is 16.4. The van der Waals surface area contributed by atoms with E-state index in [1.807, 2.05) is 6.07 Å². The van der Waals surface area contributed by atoms with Crippen molar-refractivity contribution in [1.82, 2.24) is 4.57 Å². The standard InChI is InChI=1S/C59H42N2O/c1-39-26-27-41-15-6-5-14-40(41)19-13-20-44-28-30-45(36-52(39)44)60(47-31-33-50-49-22-10-12-25-57(49)62-58(50)38-47)46-32-35-55(53(37-46)42-16-3-2-4-17-42)61-54-24-11-9-23-51(54)59-48-21-8-7-18-43(48)29-34-56(59)61/h2-18,20-39H,19H2,1H3/b20-13-,27-26-/t39-/m1/s1. The van der Waals surface area contributed by atoms with Crippen molar-refractivity contribution in [2.45, 2.75) is 19.3 Å². The van der Waals surface area contributed by atoms with E-state index in [4.69, 9.17) is 4.42 Å². The number of rotatable bonds is 5. The number of para-hydroxylation sites is 2. The highest BCUT2D eigenvalue weighted by atomic mass is 16.3. The first-order valence-corrected chi connectivity index (χ1v) is 21.5. The van der Waals surface area contributed by atoms with E-state index >= 15 is 0 Å². The summed E-state index contributed by atoms with van der Waals surface area (Å²) in [4.78, 5) is 2.40. The molecule has 3 heteroatoms. The molecular formula is C59H42N2O. The van der Waals surface area contributed by atoms with Gasteiger partial charge in [0.15, 0.2) is 0 Å². The van der Waals surface area contributed by atoms with E-state index in [-0.39, 0.29) is 5.92 Å². The van der Waals surface area contributed by atoms with Gasteiger partial charge in [-0.25, -0.2) is 0 Å². The van der Waals surface area contributed by atoms with Crippen LogP contribution < -0.4 is 4.90 Å². The van der Waals surface area contributed by atoms with Gasteiger partial charge in [0.05, 0.1) is 16.7 Å². The van der Waals surface area contributed by atoms with Gasteiger partial charge in [-0.05, 0) is 112 Å². The van der Waals surface area contributed by atoms with Crippen LogP contribution in [0, 0.1) is 0 Å². The number of allylic oxidation sites excluding steroid dienone is 2. The lowest BCUT2D eigenvalue weighted by atomic mass is 9.91. The van der Waals surface area contributed by atoms with Crippen LogP contribution in [0.1, 0.15) is 35.1 Å². The van der Waals surface area contributed by atoms with Crippen LogP contribution >= 0.6 is 0 Å². The van der Waals surface area contributed by atoms with Crippen molar-refractivity contribution in [3.63, 3.8) is 0 Å². The van der Waals surface area contributed by atoms with Crippen LogP contribution in [0.2, 0.25) is 0 Å². The molecule has 2 heterocycles. The summed E-state index contributed by atoms with van der Waals surface area (Å²) in [5.41, 5.74) is 15.8. The van der Waals surface area contributed by atoms with Crippen LogP contribution in [0.3, 0.4) is 0 Å². The Balaban J connectivity index is 1.09. The molecule has 0 unspecified atom stereocenters. The summed E-state index contributed by atoms with van der Waals surface area (Å²) in [7, 11) is 0. The molecule has 1 atom stereocenters. The van der Waals surface area contributed by atoms with Crippen molar-refractivity contribution >= 4 is 83.7 Å². The van der Waals surface area contributed by atoms with Crippen molar-refractivity contribution in [2.75, 3.05) is 4.90 Å². The van der Waals surface area contributed by atoms with Gasteiger partial charge in [0, 0.05) is 50.2 Å². The van der Waals surface area contributed by atoms with Gasteiger partial charge < -0.3 is 13.9 Å². The first-order chi connectivity index (χ1) is 30.7. The van der Waals surface area contributed by atoms with Gasteiger partial charge in [-0.3, -0.25) is 0 Å². The lowest BCUT2D eigenvalue weighted by molar-refractivity contribution is 0.669. The summed E-state index contributed by atoms with van der Waals surface area (Å²) in [6.07, 6.45) is 10.1. The fourth-order valence-corrected chi connectivity index (χ4v) is 9.80. The molecule has 2 aromatic heterocycles. The minimum absolute atomic E-state index is 0.175. The fourth-order valence-electron chi connectivity index (χ4n) is 9.80. The Bertz CT molecular complexity index is 3580. The first-order valence-electron chi connectivity index (χ1n) is 21.5. The SMILES string of the molecule is C[C@@H]1/C=C\c2ccccc2C/C=C\c2ccc(N(c3ccc(-n4c5ccccc5c5c6ccccc6ccc54)c(-c4ccccc4)c3)c3ccc4c(c3)oc3ccccc34)cc21. The summed E-state index contributed by atoms with van der Waals surface area (Å²) in [6.45, 7) is 2.30. The van der Waals surface area contributed by atoms with E-state index in [1.54, 1.807) is 0 Å². The lowest BCUT2D eigenvalue weighted by Gasteiger charge is -2.28. The van der Waals surface area contributed by atoms with Gasteiger partial charge in [-0.15, -0.1) is 0 Å². The molecule has 9 aromatic carbocycles. The molecule has 1 aliphatic rings. The summed E-state index contributed by atoms with van der Waals surface area (Å²) < 4.78 is 8.99. The van der Waals surface area contributed by atoms with Gasteiger partial charge in [-0.2, -0.15) is 0 Å². The van der Waals surface area contributed by atoms with Gasteiger partial charge in [0.2, 0.25) is 0 Å². The molecule has 3 nitrogen and oxygen atoms in total. The Kier molecular flexibility index (Phi) is 8.53. The molecule has 0 aliphatic heterocycles. The molecule has 1 aliphatic carbocycles. The average molecular weight is 795 g/mol. The average Bonchev–Trinajstić information content (AvgIpc) is 3.87. The number of furan rings is 1. The van der Waals surface area contributed by atoms with Gasteiger partial charge in [0.1, 0.15) is 11.2 Å². The van der Waals surface area contributed by atoms with Crippen LogP contribution in [0.25, 0.3) is 83.5 Å². The maximum atomic E-state index is 6.53. The summed E-state index contributed by atoms with van der Waals surface area (Å²) in [5.74, 6) is 0.175. The Labute approximate surface area is 360 Å². The van der Waals surface area contributed by atoms with Gasteiger partial charge in [0.25, 0.3) is 0 Å². The fraction of sp³-hybridized carbons (Fsp3) is 0.0508. The quantitative estimate of drug-likeness (QED) is 0.173. The summed E-state index contributed by atoms with van der Waals surface area (Å²) in [5, 5.41) is 7.26. The maximum absolute atomic E-state index is 6.53. The third kappa shape index (κ3) is 5.96. The van der Waals surface area contributed by atoms with Crippen LogP contribution in [-0.4, -0.2) is 4.57 Å². The maximum Gasteiger partial charge on any atom is 0.137 e. The predicted molar refractivity (Wildman–Crippen MR) is 262 cm³/mol. The molecule has 0 saturated carbocycles. The molecule has 0 saturated heterocycles. The largest absolute Gasteiger partial charge is 0.456 e. The Morgan fingerprint density at radius 2 is 1.23 bits per heavy atom. The van der Waals surface area contributed by atoms with Crippen molar-refractivity contribution in [2.24, 2.45) is 0 Å². The zero-order chi connectivity index (χ0) is 41.1. The highest BCUT2D eigenvalue weighted by molar-refractivity contribution is 6.21. The van der Waals surface area contributed by atoms with Crippen molar-refractivity contribution in [3.05, 3.63) is 229 Å². The molecular weight excluding hydrogens is 753 g/mol. The number of hydrogen-bond donors (Lipinski definition) is 0. The monoisotopic (exact) mass is 794 g/mol. The minimum atomic E-state index is 0.175. The molecule has 0 spiro atoms. The number of aromatic nitrogens is 1. The Morgan fingerprint density at radius 1 is 0.516 bits per heavy atom. The molecule has 12 rings (SSSR count). The highest BCUT2D eigenvalue weighted by Gasteiger charge is 2.22. The molecule has 11 aromatic rings. The third-order valence-electron chi connectivity index (χ3n) is 12.8. The number of nitrogens with zero attached hydrogens (tertiary/aromatic N) is 2. The zero-order valence-electron chi connectivity index (χ0n) is 34.4. The van der Waals surface area contributed by atoms with E-state index in [2.05, 4.69) is 229 Å². The van der Waals surface area contributed by atoms with Crippen LogP contribution in [0.15, 0.2) is 211 Å². The minimum Gasteiger partial charge on any atom is -0.456 e. The van der Waals surface area contributed by atoms with E-state index in [1.165, 1.54) is 54.8 Å². The number of fused-ring (bicyclic) bond motifs is 10. The molecule has 0 N–H and O–H groups in total. The summed E-state index contributed by atoms with van der Waals surface area (Å²) in [6, 6.07) is 70.6. The molecule has 0 fully saturated rings. The number of benzene rings is 9. The van der Waals surface area contributed by atoms with E-state index in [0.29, 0.717) is 0 Å². The normalized spacial score (nSPS) is 14.9. The second-order valence-electron chi connectivity index (χ2n) is 16.5. The Morgan fingerprint density at radius 3 is 2.15 bits per heavy atom. The van der Waals surface area contributed by atoms with Crippen LogP contribution in [0.4, 0.5) is 17.1 Å².